The molecule has 2 N–H and O–H groups in total. The highest BCUT2D eigenvalue weighted by molar-refractivity contribution is 5.97. The second-order valence-electron chi connectivity index (χ2n) is 4.74. The lowest BCUT2D eigenvalue weighted by molar-refractivity contribution is -0.139. The number of carboxylic acids is 1. The summed E-state index contributed by atoms with van der Waals surface area (Å²) in [6, 6.07) is 10.9. The first-order chi connectivity index (χ1) is 9.99. The molecular formula is C16H16N2O3. The SMILES string of the molecule is Cc1ccc(C(=O)NC(C(=O)O)c2ccccc2)c(C)n1. The minimum atomic E-state index is -1.10. The molecule has 0 aliphatic rings. The summed E-state index contributed by atoms with van der Waals surface area (Å²) in [5, 5.41) is 11.8. The fourth-order valence-corrected chi connectivity index (χ4v) is 2.07. The first-order valence-corrected chi connectivity index (χ1v) is 6.52. The van der Waals surface area contributed by atoms with Crippen LogP contribution in [0.2, 0.25) is 0 Å². The van der Waals surface area contributed by atoms with E-state index in [0.29, 0.717) is 16.8 Å². The van der Waals surface area contributed by atoms with Crippen molar-refractivity contribution in [3.8, 4) is 0 Å². The van der Waals surface area contributed by atoms with Crippen LogP contribution in [0.25, 0.3) is 0 Å². The molecule has 0 aliphatic heterocycles. The van der Waals surface area contributed by atoms with E-state index < -0.39 is 17.9 Å². The summed E-state index contributed by atoms with van der Waals surface area (Å²) < 4.78 is 0. The molecule has 1 atom stereocenters. The van der Waals surface area contributed by atoms with Crippen molar-refractivity contribution in [3.05, 3.63) is 65.0 Å². The molecule has 0 fully saturated rings. The van der Waals surface area contributed by atoms with Crippen LogP contribution >= 0.6 is 0 Å². The second kappa shape index (κ2) is 6.17. The number of carbonyl (C=O) groups excluding carboxylic acids is 1. The van der Waals surface area contributed by atoms with Crippen LogP contribution in [-0.4, -0.2) is 22.0 Å². The molecule has 108 valence electrons. The van der Waals surface area contributed by atoms with Crippen LogP contribution in [0.4, 0.5) is 0 Å². The van der Waals surface area contributed by atoms with Crippen molar-refractivity contribution < 1.29 is 14.7 Å². The van der Waals surface area contributed by atoms with Gasteiger partial charge in [0.15, 0.2) is 6.04 Å². The largest absolute Gasteiger partial charge is 0.479 e. The summed E-state index contributed by atoms with van der Waals surface area (Å²) in [7, 11) is 0. The lowest BCUT2D eigenvalue weighted by Crippen LogP contribution is -2.34. The van der Waals surface area contributed by atoms with Crippen LogP contribution < -0.4 is 5.32 Å². The van der Waals surface area contributed by atoms with Gasteiger partial charge in [0.25, 0.3) is 5.91 Å². The summed E-state index contributed by atoms with van der Waals surface area (Å²) in [6.45, 7) is 3.55. The lowest BCUT2D eigenvalue weighted by atomic mass is 10.1. The third-order valence-electron chi connectivity index (χ3n) is 3.12. The van der Waals surface area contributed by atoms with E-state index in [1.54, 1.807) is 49.4 Å². The molecule has 2 rings (SSSR count). The number of nitrogens with one attached hydrogen (secondary N) is 1. The van der Waals surface area contributed by atoms with E-state index in [4.69, 9.17) is 0 Å². The molecule has 1 heterocycles. The van der Waals surface area contributed by atoms with E-state index in [0.717, 1.165) is 5.69 Å². The Hall–Kier alpha value is -2.69. The number of nitrogens with zero attached hydrogens (tertiary/aromatic N) is 1. The molecule has 5 nitrogen and oxygen atoms in total. The summed E-state index contributed by atoms with van der Waals surface area (Å²) >= 11 is 0. The lowest BCUT2D eigenvalue weighted by Gasteiger charge is -2.15. The summed E-state index contributed by atoms with van der Waals surface area (Å²) in [4.78, 5) is 27.8. The topological polar surface area (TPSA) is 79.3 Å². The molecule has 0 spiro atoms. The van der Waals surface area contributed by atoms with Crippen molar-refractivity contribution in [2.24, 2.45) is 0 Å². The van der Waals surface area contributed by atoms with Gasteiger partial charge in [-0.05, 0) is 31.5 Å². The fraction of sp³-hybridized carbons (Fsp3) is 0.188. The monoisotopic (exact) mass is 284 g/mol. The third kappa shape index (κ3) is 3.45. The number of hydrogen-bond donors (Lipinski definition) is 2. The maximum atomic E-state index is 12.3. The molecule has 1 amide bonds. The van der Waals surface area contributed by atoms with Gasteiger partial charge in [0.2, 0.25) is 0 Å². The number of benzene rings is 1. The maximum Gasteiger partial charge on any atom is 0.330 e. The Balaban J connectivity index is 2.25. The molecule has 1 aromatic heterocycles. The molecule has 21 heavy (non-hydrogen) atoms. The number of carbonyl (C=O) groups is 2. The van der Waals surface area contributed by atoms with Gasteiger partial charge in [-0.2, -0.15) is 0 Å². The van der Waals surface area contributed by atoms with Crippen molar-refractivity contribution in [3.63, 3.8) is 0 Å². The van der Waals surface area contributed by atoms with E-state index in [1.165, 1.54) is 0 Å². The molecule has 0 radical (unpaired) electrons. The van der Waals surface area contributed by atoms with Crippen LogP contribution in [0.5, 0.6) is 0 Å². The van der Waals surface area contributed by atoms with E-state index in [1.807, 2.05) is 6.92 Å². The first-order valence-electron chi connectivity index (χ1n) is 6.52. The fourth-order valence-electron chi connectivity index (χ4n) is 2.07. The van der Waals surface area contributed by atoms with Gasteiger partial charge in [-0.25, -0.2) is 4.79 Å². The normalized spacial score (nSPS) is 11.7. The number of carboxylic acid groups (broad SMARTS) is 1. The molecule has 0 bridgehead atoms. The van der Waals surface area contributed by atoms with Crippen molar-refractivity contribution >= 4 is 11.9 Å². The Labute approximate surface area is 122 Å². The van der Waals surface area contributed by atoms with E-state index >= 15 is 0 Å². The van der Waals surface area contributed by atoms with Gasteiger partial charge in [0.05, 0.1) is 11.3 Å². The molecular weight excluding hydrogens is 268 g/mol. The van der Waals surface area contributed by atoms with E-state index in [9.17, 15) is 14.7 Å². The van der Waals surface area contributed by atoms with Crippen molar-refractivity contribution in [1.29, 1.82) is 0 Å². The molecule has 2 aromatic rings. The zero-order valence-corrected chi connectivity index (χ0v) is 11.8. The highest BCUT2D eigenvalue weighted by atomic mass is 16.4. The smallest absolute Gasteiger partial charge is 0.330 e. The average molecular weight is 284 g/mol. The first kappa shape index (κ1) is 14.7. The van der Waals surface area contributed by atoms with Crippen molar-refractivity contribution in [2.45, 2.75) is 19.9 Å². The number of pyridine rings is 1. The molecule has 1 aromatic carbocycles. The van der Waals surface area contributed by atoms with Crippen LogP contribution in [0.3, 0.4) is 0 Å². The Morgan fingerprint density at radius 2 is 1.76 bits per heavy atom. The van der Waals surface area contributed by atoms with Gasteiger partial charge in [-0.3, -0.25) is 9.78 Å². The average Bonchev–Trinajstić information content (AvgIpc) is 2.45. The van der Waals surface area contributed by atoms with Crippen LogP contribution in [0.15, 0.2) is 42.5 Å². The standard InChI is InChI=1S/C16H16N2O3/c1-10-8-9-13(11(2)17-10)15(19)18-14(16(20)21)12-6-4-3-5-7-12/h3-9,14H,1-2H3,(H,18,19)(H,20,21). The Bertz CT molecular complexity index is 668. The number of aliphatic carboxylic acids is 1. The van der Waals surface area contributed by atoms with Crippen molar-refractivity contribution in [2.75, 3.05) is 0 Å². The number of aromatic nitrogens is 1. The van der Waals surface area contributed by atoms with Gasteiger partial charge < -0.3 is 10.4 Å². The van der Waals surface area contributed by atoms with Crippen LogP contribution in [0.1, 0.15) is 33.4 Å². The summed E-state index contributed by atoms with van der Waals surface area (Å²) in [6.07, 6.45) is 0. The number of amides is 1. The molecule has 5 heteroatoms. The number of hydrogen-bond acceptors (Lipinski definition) is 3. The van der Waals surface area contributed by atoms with Crippen molar-refractivity contribution in [1.82, 2.24) is 10.3 Å². The second-order valence-corrected chi connectivity index (χ2v) is 4.74. The van der Waals surface area contributed by atoms with Crippen LogP contribution in [-0.2, 0) is 4.79 Å². The summed E-state index contributed by atoms with van der Waals surface area (Å²) in [5.41, 5.74) is 2.28. The molecule has 1 unspecified atom stereocenters. The van der Waals surface area contributed by atoms with Gasteiger partial charge in [0.1, 0.15) is 0 Å². The maximum absolute atomic E-state index is 12.3. The predicted molar refractivity (Wildman–Crippen MR) is 78.0 cm³/mol. The minimum Gasteiger partial charge on any atom is -0.479 e. The highest BCUT2D eigenvalue weighted by Crippen LogP contribution is 2.15. The van der Waals surface area contributed by atoms with Gasteiger partial charge in [0, 0.05) is 5.69 Å². The molecule has 0 aliphatic carbocycles. The third-order valence-corrected chi connectivity index (χ3v) is 3.12. The van der Waals surface area contributed by atoms with Gasteiger partial charge in [-0.15, -0.1) is 0 Å². The van der Waals surface area contributed by atoms with Gasteiger partial charge >= 0.3 is 5.97 Å². The zero-order valence-electron chi connectivity index (χ0n) is 11.8. The number of aryl methyl sites for hydroxylation is 2. The quantitative estimate of drug-likeness (QED) is 0.902. The Morgan fingerprint density at radius 3 is 2.33 bits per heavy atom. The molecule has 0 saturated heterocycles. The van der Waals surface area contributed by atoms with Gasteiger partial charge in [-0.1, -0.05) is 30.3 Å². The van der Waals surface area contributed by atoms with E-state index in [-0.39, 0.29) is 0 Å². The summed E-state index contributed by atoms with van der Waals surface area (Å²) in [5.74, 6) is -1.55. The zero-order chi connectivity index (χ0) is 15.4. The van der Waals surface area contributed by atoms with E-state index in [2.05, 4.69) is 10.3 Å². The Kier molecular flexibility index (Phi) is 4.33. The highest BCUT2D eigenvalue weighted by Gasteiger charge is 2.23. The predicted octanol–water partition coefficient (Wildman–Crippen LogP) is 2.25. The molecule has 0 saturated carbocycles. The Morgan fingerprint density at radius 1 is 1.10 bits per heavy atom. The minimum absolute atomic E-state index is 0.378. The number of rotatable bonds is 4. The van der Waals surface area contributed by atoms with Crippen LogP contribution in [0, 0.1) is 13.8 Å².